The zero-order valence-corrected chi connectivity index (χ0v) is 4.72. The maximum Gasteiger partial charge on any atom is 0.137 e. The van der Waals surface area contributed by atoms with Crippen LogP contribution in [-0.2, 0) is 0 Å². The molecule has 1 rings (SSSR count). The van der Waals surface area contributed by atoms with Gasteiger partial charge >= 0.3 is 0 Å². The molecule has 1 unspecified atom stereocenters. The molecule has 0 saturated carbocycles. The highest BCUT2D eigenvalue weighted by atomic mass is 19.1. The normalized spacial score (nSPS) is 25.6. The lowest BCUT2D eigenvalue weighted by Gasteiger charge is -1.86. The fourth-order valence-electron chi connectivity index (χ4n) is 0.557. The van der Waals surface area contributed by atoms with Gasteiger partial charge in [0.2, 0.25) is 0 Å². The van der Waals surface area contributed by atoms with Gasteiger partial charge in [-0.15, -0.1) is 0 Å². The number of rotatable bonds is 0. The molecular formula is C7H6F2. The standard InChI is InChI=1S/C7H6F2/c8-6-2-1-3-7(9)5-4-6/h1-6H. The molecule has 0 aromatic carbocycles. The van der Waals surface area contributed by atoms with Crippen molar-refractivity contribution in [1.82, 2.24) is 0 Å². The highest BCUT2D eigenvalue weighted by Gasteiger charge is 1.97. The number of hydrogen-bond donors (Lipinski definition) is 0. The molecule has 0 fully saturated rings. The third-order valence-corrected chi connectivity index (χ3v) is 0.990. The smallest absolute Gasteiger partial charge is 0.137 e. The Balaban J connectivity index is 2.75. The van der Waals surface area contributed by atoms with Crippen LogP contribution in [0, 0.1) is 0 Å². The van der Waals surface area contributed by atoms with Crippen LogP contribution in [0.4, 0.5) is 8.78 Å². The van der Waals surface area contributed by atoms with Crippen LogP contribution >= 0.6 is 0 Å². The summed E-state index contributed by atoms with van der Waals surface area (Å²) < 4.78 is 24.4. The lowest BCUT2D eigenvalue weighted by molar-refractivity contribution is 0.469. The fraction of sp³-hybridized carbons (Fsp3) is 0.143. The Morgan fingerprint density at radius 1 is 1.33 bits per heavy atom. The van der Waals surface area contributed by atoms with E-state index in [0.717, 1.165) is 12.2 Å². The molecule has 0 N–H and O–H groups in total. The summed E-state index contributed by atoms with van der Waals surface area (Å²) in [7, 11) is 0. The van der Waals surface area contributed by atoms with Crippen LogP contribution in [0.15, 0.2) is 36.2 Å². The Morgan fingerprint density at radius 2 is 2.11 bits per heavy atom. The first kappa shape index (κ1) is 6.20. The van der Waals surface area contributed by atoms with E-state index in [9.17, 15) is 8.78 Å². The van der Waals surface area contributed by atoms with E-state index in [1.807, 2.05) is 0 Å². The lowest BCUT2D eigenvalue weighted by Crippen LogP contribution is -1.84. The first-order valence-corrected chi connectivity index (χ1v) is 2.65. The summed E-state index contributed by atoms with van der Waals surface area (Å²) in [4.78, 5) is 0. The third-order valence-electron chi connectivity index (χ3n) is 0.990. The molecule has 0 saturated heterocycles. The van der Waals surface area contributed by atoms with Crippen LogP contribution in [0.5, 0.6) is 0 Å². The molecule has 0 aromatic heterocycles. The quantitative estimate of drug-likeness (QED) is 0.469. The molecule has 48 valence electrons. The van der Waals surface area contributed by atoms with Crippen molar-refractivity contribution in [2.75, 3.05) is 0 Å². The first-order chi connectivity index (χ1) is 4.29. The highest BCUT2D eigenvalue weighted by molar-refractivity contribution is 5.24. The van der Waals surface area contributed by atoms with E-state index in [0.29, 0.717) is 0 Å². The van der Waals surface area contributed by atoms with Crippen LogP contribution in [0.25, 0.3) is 0 Å². The van der Waals surface area contributed by atoms with Gasteiger partial charge in [-0.1, -0.05) is 6.08 Å². The molecule has 1 aliphatic rings. The Hall–Kier alpha value is -0.920. The minimum atomic E-state index is -1.14. The summed E-state index contributed by atoms with van der Waals surface area (Å²) in [6.45, 7) is 0. The topological polar surface area (TPSA) is 0 Å². The molecule has 1 atom stereocenters. The second-order valence-corrected chi connectivity index (χ2v) is 1.74. The molecule has 0 radical (unpaired) electrons. The van der Waals surface area contributed by atoms with E-state index >= 15 is 0 Å². The average molecular weight is 128 g/mol. The van der Waals surface area contributed by atoms with Crippen LogP contribution in [0.3, 0.4) is 0 Å². The SMILES string of the molecule is FC1=CC=CC(F)C=C1. The monoisotopic (exact) mass is 128 g/mol. The molecule has 0 aliphatic heterocycles. The van der Waals surface area contributed by atoms with Gasteiger partial charge in [-0.2, -0.15) is 0 Å². The fourth-order valence-corrected chi connectivity index (χ4v) is 0.557. The minimum absolute atomic E-state index is 0.411. The minimum Gasteiger partial charge on any atom is -0.238 e. The molecule has 1 aliphatic carbocycles. The molecule has 0 amide bonds. The van der Waals surface area contributed by atoms with Gasteiger partial charge < -0.3 is 0 Å². The molecule has 0 spiro atoms. The molecule has 2 heteroatoms. The summed E-state index contributed by atoms with van der Waals surface area (Å²) in [6.07, 6.45) is 4.99. The summed E-state index contributed by atoms with van der Waals surface area (Å²) >= 11 is 0. The van der Waals surface area contributed by atoms with Gasteiger partial charge in [0.1, 0.15) is 12.0 Å². The van der Waals surface area contributed by atoms with Gasteiger partial charge in [0.25, 0.3) is 0 Å². The lowest BCUT2D eigenvalue weighted by atomic mass is 10.3. The van der Waals surface area contributed by atoms with Crippen molar-refractivity contribution in [3.05, 3.63) is 36.2 Å². The molecule has 0 aromatic rings. The second-order valence-electron chi connectivity index (χ2n) is 1.74. The van der Waals surface area contributed by atoms with Crippen molar-refractivity contribution in [3.63, 3.8) is 0 Å². The van der Waals surface area contributed by atoms with E-state index in [-0.39, 0.29) is 0 Å². The summed E-state index contributed by atoms with van der Waals surface area (Å²) in [5.41, 5.74) is 0. The largest absolute Gasteiger partial charge is 0.238 e. The van der Waals surface area contributed by atoms with E-state index in [1.54, 1.807) is 0 Å². The summed E-state index contributed by atoms with van der Waals surface area (Å²) in [6, 6.07) is 0. The number of halogens is 2. The van der Waals surface area contributed by atoms with E-state index in [4.69, 9.17) is 0 Å². The molecule has 0 nitrogen and oxygen atoms in total. The molecule has 9 heavy (non-hydrogen) atoms. The molecule has 0 heterocycles. The molecule has 0 bridgehead atoms. The zero-order chi connectivity index (χ0) is 6.69. The zero-order valence-electron chi connectivity index (χ0n) is 4.72. The predicted octanol–water partition coefficient (Wildman–Crippen LogP) is 2.30. The Labute approximate surface area is 52.2 Å². The van der Waals surface area contributed by atoms with E-state index < -0.39 is 12.0 Å². The Morgan fingerprint density at radius 3 is 2.89 bits per heavy atom. The second kappa shape index (κ2) is 2.58. The molecular weight excluding hydrogens is 122 g/mol. The van der Waals surface area contributed by atoms with Gasteiger partial charge in [-0.05, 0) is 24.3 Å². The maximum absolute atomic E-state index is 12.2. The Kier molecular flexibility index (Phi) is 1.78. The van der Waals surface area contributed by atoms with Gasteiger partial charge in [0.15, 0.2) is 0 Å². The van der Waals surface area contributed by atoms with Crippen LogP contribution < -0.4 is 0 Å². The van der Waals surface area contributed by atoms with Crippen LogP contribution in [0.2, 0.25) is 0 Å². The van der Waals surface area contributed by atoms with Crippen LogP contribution in [0.1, 0.15) is 0 Å². The number of alkyl halides is 1. The summed E-state index contributed by atoms with van der Waals surface area (Å²) in [5, 5.41) is 0. The van der Waals surface area contributed by atoms with Crippen molar-refractivity contribution in [2.45, 2.75) is 6.17 Å². The van der Waals surface area contributed by atoms with Gasteiger partial charge in [0, 0.05) is 0 Å². The van der Waals surface area contributed by atoms with Crippen molar-refractivity contribution < 1.29 is 8.78 Å². The van der Waals surface area contributed by atoms with Crippen molar-refractivity contribution in [2.24, 2.45) is 0 Å². The highest BCUT2D eigenvalue weighted by Crippen LogP contribution is 2.07. The van der Waals surface area contributed by atoms with Gasteiger partial charge in [-0.3, -0.25) is 0 Å². The van der Waals surface area contributed by atoms with Crippen molar-refractivity contribution >= 4 is 0 Å². The van der Waals surface area contributed by atoms with Gasteiger partial charge in [-0.25, -0.2) is 8.78 Å². The first-order valence-electron chi connectivity index (χ1n) is 2.65. The van der Waals surface area contributed by atoms with Crippen molar-refractivity contribution in [3.8, 4) is 0 Å². The number of hydrogen-bond acceptors (Lipinski definition) is 0. The number of allylic oxidation sites excluding steroid dienone is 6. The van der Waals surface area contributed by atoms with E-state index in [1.165, 1.54) is 18.2 Å². The van der Waals surface area contributed by atoms with Crippen molar-refractivity contribution in [1.29, 1.82) is 0 Å². The maximum atomic E-state index is 12.2. The van der Waals surface area contributed by atoms with Crippen LogP contribution in [-0.4, -0.2) is 6.17 Å². The Bertz CT molecular complexity index is 177. The summed E-state index contributed by atoms with van der Waals surface area (Å²) in [5.74, 6) is -0.411. The van der Waals surface area contributed by atoms with Gasteiger partial charge in [0.05, 0.1) is 0 Å². The average Bonchev–Trinajstić information content (AvgIpc) is 1.97. The third kappa shape index (κ3) is 1.80. The van der Waals surface area contributed by atoms with E-state index in [2.05, 4.69) is 0 Å². The predicted molar refractivity (Wildman–Crippen MR) is 32.4 cm³/mol.